The zero-order chi connectivity index (χ0) is 18.7. The highest BCUT2D eigenvalue weighted by atomic mass is 16.3. The first-order chi connectivity index (χ1) is 12.5. The zero-order valence-electron chi connectivity index (χ0n) is 14.8. The number of benzene rings is 1. The predicted octanol–water partition coefficient (Wildman–Crippen LogP) is 1.41. The molecule has 1 aliphatic rings. The Bertz CT molecular complexity index is 915. The van der Waals surface area contributed by atoms with Crippen molar-refractivity contribution in [3.8, 4) is 5.75 Å². The van der Waals surface area contributed by atoms with Crippen LogP contribution in [0.3, 0.4) is 0 Å². The fourth-order valence-electron chi connectivity index (χ4n) is 3.48. The Morgan fingerprint density at radius 2 is 2.12 bits per heavy atom. The summed E-state index contributed by atoms with van der Waals surface area (Å²) in [6.07, 6.45) is 5.64. The van der Waals surface area contributed by atoms with Crippen molar-refractivity contribution in [3.05, 3.63) is 62.4 Å². The number of carbonyl (C=O) groups excluding carboxylic acids is 1. The number of hydrogen-bond acceptors (Lipinski definition) is 4. The molecule has 1 aromatic carbocycles. The number of aromatic amines is 1. The molecule has 1 aromatic heterocycles. The number of likely N-dealkylation sites (tertiary alicyclic amines) is 1. The molecule has 7 nitrogen and oxygen atoms in total. The number of hydrogen-bond donors (Lipinski definition) is 2. The van der Waals surface area contributed by atoms with E-state index in [1.807, 2.05) is 6.07 Å². The molecule has 138 valence electrons. The van der Waals surface area contributed by atoms with Crippen molar-refractivity contribution >= 4 is 5.91 Å². The first-order valence-electron chi connectivity index (χ1n) is 8.84. The highest BCUT2D eigenvalue weighted by Gasteiger charge is 2.29. The summed E-state index contributed by atoms with van der Waals surface area (Å²) in [5.41, 5.74) is -0.166. The minimum absolute atomic E-state index is 0.00337. The van der Waals surface area contributed by atoms with Crippen LogP contribution in [-0.2, 0) is 13.5 Å². The molecule has 1 atom stereocenters. The summed E-state index contributed by atoms with van der Waals surface area (Å²) in [6, 6.07) is 7.15. The van der Waals surface area contributed by atoms with E-state index in [9.17, 15) is 19.5 Å². The largest absolute Gasteiger partial charge is 0.508 e. The monoisotopic (exact) mass is 357 g/mol. The third-order valence-electron chi connectivity index (χ3n) is 4.90. The Kier molecular flexibility index (Phi) is 5.25. The number of piperidine rings is 1. The van der Waals surface area contributed by atoms with Crippen molar-refractivity contribution in [1.29, 1.82) is 0 Å². The summed E-state index contributed by atoms with van der Waals surface area (Å²) >= 11 is 0. The maximum atomic E-state index is 12.9. The number of phenolic OH excluding ortho intramolecular Hbond substituents is 1. The van der Waals surface area contributed by atoms with Crippen molar-refractivity contribution in [1.82, 2.24) is 14.5 Å². The van der Waals surface area contributed by atoms with Crippen molar-refractivity contribution in [3.63, 3.8) is 0 Å². The second kappa shape index (κ2) is 7.59. The number of amides is 1. The Hall–Kier alpha value is -2.83. The first-order valence-corrected chi connectivity index (χ1v) is 8.84. The van der Waals surface area contributed by atoms with Gasteiger partial charge >= 0.3 is 5.69 Å². The lowest BCUT2D eigenvalue weighted by Crippen LogP contribution is -2.46. The van der Waals surface area contributed by atoms with Crippen LogP contribution in [0.5, 0.6) is 5.75 Å². The fraction of sp³-hybridized carbons (Fsp3) is 0.421. The van der Waals surface area contributed by atoms with Crippen LogP contribution in [0.4, 0.5) is 0 Å². The lowest BCUT2D eigenvalue weighted by atomic mass is 9.95. The van der Waals surface area contributed by atoms with E-state index < -0.39 is 11.2 Å². The SMILES string of the molecule is Cn1cc(C(=O)N2CCCCC2CCc2cccc(O)c2)c(=O)[nH]c1=O. The van der Waals surface area contributed by atoms with E-state index in [2.05, 4.69) is 4.98 Å². The molecule has 0 spiro atoms. The van der Waals surface area contributed by atoms with Crippen LogP contribution < -0.4 is 11.2 Å². The maximum absolute atomic E-state index is 12.9. The van der Waals surface area contributed by atoms with Crippen molar-refractivity contribution < 1.29 is 9.90 Å². The van der Waals surface area contributed by atoms with Gasteiger partial charge in [0, 0.05) is 25.8 Å². The Morgan fingerprint density at radius 1 is 1.31 bits per heavy atom. The highest BCUT2D eigenvalue weighted by molar-refractivity contribution is 5.93. The fourth-order valence-corrected chi connectivity index (χ4v) is 3.48. The lowest BCUT2D eigenvalue weighted by Gasteiger charge is -2.36. The van der Waals surface area contributed by atoms with Crippen LogP contribution in [0, 0.1) is 0 Å². The number of aromatic nitrogens is 2. The van der Waals surface area contributed by atoms with E-state index in [-0.39, 0.29) is 23.3 Å². The van der Waals surface area contributed by atoms with Gasteiger partial charge in [0.2, 0.25) is 0 Å². The molecular formula is C19H23N3O4. The molecule has 0 aliphatic carbocycles. The Morgan fingerprint density at radius 3 is 2.88 bits per heavy atom. The summed E-state index contributed by atoms with van der Waals surface area (Å²) < 4.78 is 1.21. The molecule has 1 fully saturated rings. The van der Waals surface area contributed by atoms with E-state index in [1.165, 1.54) is 17.8 Å². The second-order valence-electron chi connectivity index (χ2n) is 6.77. The van der Waals surface area contributed by atoms with E-state index >= 15 is 0 Å². The van der Waals surface area contributed by atoms with E-state index in [1.54, 1.807) is 23.1 Å². The molecule has 7 heteroatoms. The van der Waals surface area contributed by atoms with Crippen molar-refractivity contribution in [2.75, 3.05) is 6.54 Å². The Labute approximate surface area is 150 Å². The molecule has 2 aromatic rings. The third kappa shape index (κ3) is 3.87. The van der Waals surface area contributed by atoms with Gasteiger partial charge in [0.05, 0.1) is 0 Å². The highest BCUT2D eigenvalue weighted by Crippen LogP contribution is 2.23. The van der Waals surface area contributed by atoms with Gasteiger partial charge in [0.1, 0.15) is 11.3 Å². The normalized spacial score (nSPS) is 17.3. The van der Waals surface area contributed by atoms with Gasteiger partial charge in [-0.3, -0.25) is 14.6 Å². The molecule has 1 amide bonds. The number of aromatic hydroxyl groups is 1. The number of phenols is 1. The molecule has 0 radical (unpaired) electrons. The van der Waals surface area contributed by atoms with E-state index in [4.69, 9.17) is 0 Å². The van der Waals surface area contributed by atoms with Crippen LogP contribution >= 0.6 is 0 Å². The average molecular weight is 357 g/mol. The number of nitrogens with zero attached hydrogens (tertiary/aromatic N) is 2. The second-order valence-corrected chi connectivity index (χ2v) is 6.77. The smallest absolute Gasteiger partial charge is 0.328 e. The van der Waals surface area contributed by atoms with Crippen LogP contribution in [-0.4, -0.2) is 38.1 Å². The van der Waals surface area contributed by atoms with Crippen LogP contribution in [0.1, 0.15) is 41.6 Å². The van der Waals surface area contributed by atoms with Gasteiger partial charge in [-0.15, -0.1) is 0 Å². The van der Waals surface area contributed by atoms with E-state index in [0.29, 0.717) is 6.54 Å². The minimum atomic E-state index is -0.643. The van der Waals surface area contributed by atoms with Gasteiger partial charge in [-0.1, -0.05) is 12.1 Å². The zero-order valence-corrected chi connectivity index (χ0v) is 14.8. The van der Waals surface area contributed by atoms with Gasteiger partial charge in [0.15, 0.2) is 0 Å². The average Bonchev–Trinajstić information content (AvgIpc) is 2.63. The molecule has 3 rings (SSSR count). The standard InChI is InChI=1S/C19H23N3O4/c1-21-12-16(17(24)20-19(21)26)18(25)22-10-3-2-6-14(22)9-8-13-5-4-7-15(23)11-13/h4-5,7,11-12,14,23H,2-3,6,8-10H2,1H3,(H,20,24,26). The van der Waals surface area contributed by atoms with E-state index in [0.717, 1.165) is 37.7 Å². The summed E-state index contributed by atoms with van der Waals surface area (Å²) in [6.45, 7) is 0.603. The summed E-state index contributed by atoms with van der Waals surface area (Å²) in [5.74, 6) is -0.0988. The number of aryl methyl sites for hydroxylation is 2. The van der Waals surface area contributed by atoms with Crippen LogP contribution in [0.25, 0.3) is 0 Å². The number of rotatable bonds is 4. The van der Waals surface area contributed by atoms with Crippen molar-refractivity contribution in [2.45, 2.75) is 38.1 Å². The molecule has 2 N–H and O–H groups in total. The van der Waals surface area contributed by atoms with Gasteiger partial charge in [-0.25, -0.2) is 4.79 Å². The van der Waals surface area contributed by atoms with Crippen molar-refractivity contribution in [2.24, 2.45) is 7.05 Å². The quantitative estimate of drug-likeness (QED) is 0.865. The molecule has 26 heavy (non-hydrogen) atoms. The molecule has 1 aliphatic heterocycles. The number of H-pyrrole nitrogens is 1. The lowest BCUT2D eigenvalue weighted by molar-refractivity contribution is 0.0599. The maximum Gasteiger partial charge on any atom is 0.328 e. The van der Waals surface area contributed by atoms with Gasteiger partial charge in [-0.05, 0) is 49.8 Å². The molecular weight excluding hydrogens is 334 g/mol. The minimum Gasteiger partial charge on any atom is -0.508 e. The van der Waals surface area contributed by atoms with Gasteiger partial charge < -0.3 is 14.6 Å². The summed E-state index contributed by atoms with van der Waals surface area (Å²) in [5, 5.41) is 9.59. The number of nitrogens with one attached hydrogen (secondary N) is 1. The van der Waals surface area contributed by atoms with Crippen LogP contribution in [0.2, 0.25) is 0 Å². The van der Waals surface area contributed by atoms with Gasteiger partial charge in [-0.2, -0.15) is 0 Å². The summed E-state index contributed by atoms with van der Waals surface area (Å²) in [4.78, 5) is 40.4. The molecule has 1 unspecified atom stereocenters. The first kappa shape index (κ1) is 18.0. The topological polar surface area (TPSA) is 95.4 Å². The number of carbonyl (C=O) groups is 1. The predicted molar refractivity (Wildman–Crippen MR) is 97.4 cm³/mol. The molecule has 1 saturated heterocycles. The molecule has 2 heterocycles. The molecule has 0 bridgehead atoms. The van der Waals surface area contributed by atoms with Gasteiger partial charge in [0.25, 0.3) is 11.5 Å². The molecule has 0 saturated carbocycles. The Balaban J connectivity index is 1.78. The third-order valence-corrected chi connectivity index (χ3v) is 4.90. The van der Waals surface area contributed by atoms with Crippen LogP contribution in [0.15, 0.2) is 40.1 Å². The summed E-state index contributed by atoms with van der Waals surface area (Å²) in [7, 11) is 1.50.